The molecule has 0 saturated carbocycles. The van der Waals surface area contributed by atoms with Gasteiger partial charge in [0.25, 0.3) is 5.91 Å². The van der Waals surface area contributed by atoms with Crippen LogP contribution in [0.15, 0.2) is 12.1 Å². The van der Waals surface area contributed by atoms with Crippen LogP contribution in [0, 0.1) is 6.92 Å². The number of hydrogen-bond acceptors (Lipinski definition) is 3. The van der Waals surface area contributed by atoms with Crippen molar-refractivity contribution in [2.45, 2.75) is 58.9 Å². The van der Waals surface area contributed by atoms with Crippen molar-refractivity contribution in [3.63, 3.8) is 0 Å². The minimum atomic E-state index is 0.0909. The van der Waals surface area contributed by atoms with Gasteiger partial charge in [0.1, 0.15) is 5.69 Å². The molecule has 3 rings (SSSR count). The van der Waals surface area contributed by atoms with Crippen LogP contribution in [0.1, 0.15) is 73.0 Å². The number of carbonyl (C=O) groups is 1. The van der Waals surface area contributed by atoms with E-state index in [-0.39, 0.29) is 5.91 Å². The molecule has 1 amide bonds. The summed E-state index contributed by atoms with van der Waals surface area (Å²) >= 11 is 0. The molecule has 1 fully saturated rings. The lowest BCUT2D eigenvalue weighted by atomic mass is 9.94. The van der Waals surface area contributed by atoms with Gasteiger partial charge in [-0.3, -0.25) is 14.6 Å². The standard InChI is InChI=1S/C18H27N5O/c1-5-23-17(10-15(21-23)12(2)3)18(24)22-8-6-7-14(11-22)16-9-13(4)19-20-16/h9-10,12,14H,5-8,11H2,1-4H3,(H,19,20)/t14-/m0/s1. The maximum Gasteiger partial charge on any atom is 0.272 e. The maximum absolute atomic E-state index is 13.0. The summed E-state index contributed by atoms with van der Waals surface area (Å²) in [5.41, 5.74) is 3.83. The Morgan fingerprint density at radius 3 is 2.83 bits per heavy atom. The second-order valence-electron chi connectivity index (χ2n) is 6.99. The molecule has 0 unspecified atom stereocenters. The summed E-state index contributed by atoms with van der Waals surface area (Å²) in [5, 5.41) is 12.0. The van der Waals surface area contributed by atoms with Crippen LogP contribution >= 0.6 is 0 Å². The van der Waals surface area contributed by atoms with Gasteiger partial charge in [0.2, 0.25) is 0 Å². The minimum absolute atomic E-state index is 0.0909. The van der Waals surface area contributed by atoms with Crippen LogP contribution in [-0.4, -0.2) is 43.9 Å². The summed E-state index contributed by atoms with van der Waals surface area (Å²) in [6.45, 7) is 10.5. The van der Waals surface area contributed by atoms with Crippen LogP contribution in [0.2, 0.25) is 0 Å². The molecule has 3 heterocycles. The molecular formula is C18H27N5O. The van der Waals surface area contributed by atoms with Crippen LogP contribution in [0.25, 0.3) is 0 Å². The van der Waals surface area contributed by atoms with Crippen molar-refractivity contribution >= 4 is 5.91 Å². The van der Waals surface area contributed by atoms with E-state index >= 15 is 0 Å². The quantitative estimate of drug-likeness (QED) is 0.937. The van der Waals surface area contributed by atoms with E-state index < -0.39 is 0 Å². The average Bonchev–Trinajstić information content (AvgIpc) is 3.20. The van der Waals surface area contributed by atoms with Gasteiger partial charge in [0.15, 0.2) is 0 Å². The fourth-order valence-electron chi connectivity index (χ4n) is 3.35. The van der Waals surface area contributed by atoms with E-state index in [1.807, 2.05) is 29.5 Å². The van der Waals surface area contributed by atoms with Gasteiger partial charge in [0.05, 0.1) is 11.4 Å². The van der Waals surface area contributed by atoms with E-state index in [2.05, 4.69) is 35.2 Å². The Morgan fingerprint density at radius 1 is 1.42 bits per heavy atom. The van der Waals surface area contributed by atoms with Crippen molar-refractivity contribution < 1.29 is 4.79 Å². The van der Waals surface area contributed by atoms with Gasteiger partial charge in [-0.05, 0) is 44.7 Å². The SMILES string of the molecule is CCn1nc(C(C)C)cc1C(=O)N1CCC[C@H](c2cc(C)[nH]n2)C1. The van der Waals surface area contributed by atoms with Gasteiger partial charge in [0, 0.05) is 31.2 Å². The maximum atomic E-state index is 13.0. The molecule has 1 aliphatic rings. The topological polar surface area (TPSA) is 66.8 Å². The molecule has 1 N–H and O–H groups in total. The molecule has 6 nitrogen and oxygen atoms in total. The summed E-state index contributed by atoms with van der Waals surface area (Å²) in [7, 11) is 0. The number of aromatic amines is 1. The van der Waals surface area contributed by atoms with Crippen molar-refractivity contribution in [1.29, 1.82) is 0 Å². The third-order valence-electron chi connectivity index (χ3n) is 4.76. The van der Waals surface area contributed by atoms with E-state index in [0.717, 1.165) is 43.0 Å². The highest BCUT2D eigenvalue weighted by molar-refractivity contribution is 5.92. The molecule has 0 aliphatic carbocycles. The Hall–Kier alpha value is -2.11. The number of nitrogens with zero attached hydrogens (tertiary/aromatic N) is 4. The number of amides is 1. The Labute approximate surface area is 143 Å². The van der Waals surface area contributed by atoms with Crippen LogP contribution in [0.5, 0.6) is 0 Å². The zero-order valence-corrected chi connectivity index (χ0v) is 15.0. The van der Waals surface area contributed by atoms with Crippen LogP contribution < -0.4 is 0 Å². The second kappa shape index (κ2) is 6.79. The number of aromatic nitrogens is 4. The van der Waals surface area contributed by atoms with E-state index in [9.17, 15) is 4.79 Å². The predicted octanol–water partition coefficient (Wildman–Crippen LogP) is 3.08. The average molecular weight is 329 g/mol. The second-order valence-corrected chi connectivity index (χ2v) is 6.99. The molecule has 1 atom stereocenters. The Kier molecular flexibility index (Phi) is 4.73. The summed E-state index contributed by atoms with van der Waals surface area (Å²) in [6, 6.07) is 4.05. The van der Waals surface area contributed by atoms with Crippen molar-refractivity contribution in [1.82, 2.24) is 24.9 Å². The van der Waals surface area contributed by atoms with Crippen molar-refractivity contribution in [3.05, 3.63) is 34.9 Å². The third-order valence-corrected chi connectivity index (χ3v) is 4.76. The van der Waals surface area contributed by atoms with Gasteiger partial charge in [-0.15, -0.1) is 0 Å². The molecular weight excluding hydrogens is 302 g/mol. The molecule has 0 radical (unpaired) electrons. The van der Waals surface area contributed by atoms with E-state index in [1.165, 1.54) is 0 Å². The summed E-state index contributed by atoms with van der Waals surface area (Å²) in [5.74, 6) is 0.730. The first-order valence-electron chi connectivity index (χ1n) is 8.88. The number of likely N-dealkylation sites (tertiary alicyclic amines) is 1. The Bertz CT molecular complexity index is 715. The number of aryl methyl sites for hydroxylation is 2. The van der Waals surface area contributed by atoms with Gasteiger partial charge >= 0.3 is 0 Å². The van der Waals surface area contributed by atoms with Crippen LogP contribution in [0.3, 0.4) is 0 Å². The lowest BCUT2D eigenvalue weighted by Gasteiger charge is -2.32. The van der Waals surface area contributed by atoms with Crippen molar-refractivity contribution in [2.24, 2.45) is 0 Å². The molecule has 0 spiro atoms. The van der Waals surface area contributed by atoms with Crippen molar-refractivity contribution in [2.75, 3.05) is 13.1 Å². The molecule has 0 aromatic carbocycles. The molecule has 24 heavy (non-hydrogen) atoms. The minimum Gasteiger partial charge on any atom is -0.337 e. The highest BCUT2D eigenvalue weighted by Crippen LogP contribution is 2.27. The molecule has 130 valence electrons. The number of rotatable bonds is 4. The number of nitrogens with one attached hydrogen (secondary N) is 1. The lowest BCUT2D eigenvalue weighted by molar-refractivity contribution is 0.0693. The smallest absolute Gasteiger partial charge is 0.272 e. The number of H-pyrrole nitrogens is 1. The van der Waals surface area contributed by atoms with Gasteiger partial charge < -0.3 is 4.90 Å². The third kappa shape index (κ3) is 3.23. The molecule has 1 saturated heterocycles. The molecule has 2 aromatic rings. The fraction of sp³-hybridized carbons (Fsp3) is 0.611. The monoisotopic (exact) mass is 329 g/mol. The van der Waals surface area contributed by atoms with E-state index in [1.54, 1.807) is 0 Å². The first kappa shape index (κ1) is 16.7. The summed E-state index contributed by atoms with van der Waals surface area (Å²) < 4.78 is 1.83. The number of carbonyl (C=O) groups excluding carboxylic acids is 1. The van der Waals surface area contributed by atoms with Gasteiger partial charge in [-0.2, -0.15) is 10.2 Å². The molecule has 2 aromatic heterocycles. The van der Waals surface area contributed by atoms with E-state index in [4.69, 9.17) is 0 Å². The number of piperidine rings is 1. The van der Waals surface area contributed by atoms with Crippen LogP contribution in [-0.2, 0) is 6.54 Å². The fourth-order valence-corrected chi connectivity index (χ4v) is 3.35. The zero-order valence-electron chi connectivity index (χ0n) is 15.0. The number of hydrogen-bond donors (Lipinski definition) is 1. The first-order valence-corrected chi connectivity index (χ1v) is 8.88. The highest BCUT2D eigenvalue weighted by Gasteiger charge is 2.29. The predicted molar refractivity (Wildman–Crippen MR) is 93.2 cm³/mol. The van der Waals surface area contributed by atoms with E-state index in [0.29, 0.717) is 24.1 Å². The normalized spacial score (nSPS) is 18.4. The zero-order chi connectivity index (χ0) is 17.3. The first-order chi connectivity index (χ1) is 11.5. The van der Waals surface area contributed by atoms with Gasteiger partial charge in [-0.1, -0.05) is 13.8 Å². The Morgan fingerprint density at radius 2 is 2.21 bits per heavy atom. The summed E-state index contributed by atoms with van der Waals surface area (Å²) in [6.07, 6.45) is 2.10. The Balaban J connectivity index is 1.79. The van der Waals surface area contributed by atoms with Gasteiger partial charge in [-0.25, -0.2) is 0 Å². The highest BCUT2D eigenvalue weighted by atomic mass is 16.2. The molecule has 0 bridgehead atoms. The van der Waals surface area contributed by atoms with Crippen LogP contribution in [0.4, 0.5) is 0 Å². The van der Waals surface area contributed by atoms with Crippen molar-refractivity contribution in [3.8, 4) is 0 Å². The lowest BCUT2D eigenvalue weighted by Crippen LogP contribution is -2.40. The largest absolute Gasteiger partial charge is 0.337 e. The molecule has 1 aliphatic heterocycles. The summed E-state index contributed by atoms with van der Waals surface area (Å²) in [4.78, 5) is 15.0. The molecule has 6 heteroatoms.